The average Bonchev–Trinajstić information content (AvgIpc) is 2.42. The summed E-state index contributed by atoms with van der Waals surface area (Å²) in [6.07, 6.45) is -11.5. The van der Waals surface area contributed by atoms with Gasteiger partial charge in [0.1, 0.15) is 0 Å². The van der Waals surface area contributed by atoms with E-state index < -0.39 is 69.1 Å². The smallest absolute Gasteiger partial charge is 0.228 e. The highest BCUT2D eigenvalue weighted by atomic mass is 35.5. The van der Waals surface area contributed by atoms with Gasteiger partial charge in [-0.3, -0.25) is 0 Å². The summed E-state index contributed by atoms with van der Waals surface area (Å²) in [7, 11) is -3.99. The van der Waals surface area contributed by atoms with Gasteiger partial charge in [0.05, 0.1) is 23.3 Å². The summed E-state index contributed by atoms with van der Waals surface area (Å²) in [5.74, 6) is 0. The molecule has 0 aromatic heterocycles. The molecule has 0 heterocycles. The maximum Gasteiger partial charge on any atom is 0.390 e. The third-order valence-electron chi connectivity index (χ3n) is 4.09. The van der Waals surface area contributed by atoms with Gasteiger partial charge in [0.2, 0.25) is 0 Å². The van der Waals surface area contributed by atoms with Crippen LogP contribution in [0.1, 0.15) is 65.2 Å². The molecule has 0 aliphatic carbocycles. The topological polar surface area (TPSA) is 34.1 Å². The predicted molar refractivity (Wildman–Crippen MR) is 96.2 cm³/mol. The van der Waals surface area contributed by atoms with E-state index >= 15 is 0 Å². The Hall–Kier alpha value is 0.110. The van der Waals surface area contributed by atoms with Crippen molar-refractivity contribution in [3.05, 3.63) is 0 Å². The lowest BCUT2D eigenvalue weighted by atomic mass is 10.1. The third-order valence-corrected chi connectivity index (χ3v) is 7.47. The predicted octanol–water partition coefficient (Wildman–Crippen LogP) is 6.64. The minimum Gasteiger partial charge on any atom is -0.228 e. The van der Waals surface area contributed by atoms with Gasteiger partial charge >= 0.3 is 12.4 Å². The first-order valence-electron chi connectivity index (χ1n) is 8.76. The van der Waals surface area contributed by atoms with Gasteiger partial charge in [-0.25, -0.2) is 8.42 Å². The van der Waals surface area contributed by atoms with Crippen LogP contribution in [-0.2, 0) is 9.84 Å². The summed E-state index contributed by atoms with van der Waals surface area (Å²) in [6, 6.07) is 0. The number of hydrogen-bond acceptors (Lipinski definition) is 2. The molecule has 0 bridgehead atoms. The molecular formula is C16H26Cl2F6O2S. The van der Waals surface area contributed by atoms with Crippen LogP contribution in [0.15, 0.2) is 0 Å². The Balaban J connectivity index is 5.37. The summed E-state index contributed by atoms with van der Waals surface area (Å²) < 4.78 is 101. The van der Waals surface area contributed by atoms with Gasteiger partial charge in [0.25, 0.3) is 0 Å². The van der Waals surface area contributed by atoms with Gasteiger partial charge in [-0.1, -0.05) is 26.7 Å². The lowest BCUT2D eigenvalue weighted by molar-refractivity contribution is -0.135. The first kappa shape index (κ1) is 27.1. The van der Waals surface area contributed by atoms with E-state index in [1.54, 1.807) is 13.8 Å². The Bertz CT molecular complexity index is 482. The summed E-state index contributed by atoms with van der Waals surface area (Å²) in [6.45, 7) is 3.36. The molecule has 0 amide bonds. The van der Waals surface area contributed by atoms with Crippen LogP contribution < -0.4 is 0 Å². The second-order valence-electron chi connectivity index (χ2n) is 6.71. The van der Waals surface area contributed by atoms with Crippen LogP contribution in [0, 0.1) is 0 Å². The van der Waals surface area contributed by atoms with Crippen LogP contribution in [0.4, 0.5) is 26.3 Å². The van der Waals surface area contributed by atoms with Crippen LogP contribution in [0.3, 0.4) is 0 Å². The molecule has 0 N–H and O–H groups in total. The highest BCUT2D eigenvalue weighted by molar-refractivity contribution is 7.92. The molecular weight excluding hydrogens is 441 g/mol. The number of hydrogen-bond donors (Lipinski definition) is 0. The quantitative estimate of drug-likeness (QED) is 0.238. The fourth-order valence-corrected chi connectivity index (χ4v) is 6.65. The monoisotopic (exact) mass is 466 g/mol. The van der Waals surface area contributed by atoms with Crippen LogP contribution in [0.5, 0.6) is 0 Å². The molecule has 11 heteroatoms. The molecule has 0 saturated carbocycles. The molecule has 0 radical (unpaired) electrons. The number of rotatable bonds is 12. The van der Waals surface area contributed by atoms with Crippen LogP contribution in [-0.4, -0.2) is 42.0 Å². The third kappa shape index (κ3) is 11.6. The van der Waals surface area contributed by atoms with Crippen molar-refractivity contribution in [2.24, 2.45) is 0 Å². The Morgan fingerprint density at radius 1 is 0.741 bits per heavy atom. The normalized spacial score (nSPS) is 18.1. The SMILES string of the molecule is CCCC(CC(Cl)CC(F)(F)F)S(=O)(=O)C(CCC)CC(Cl)CC(F)(F)F. The van der Waals surface area contributed by atoms with Gasteiger partial charge in [-0.05, 0) is 25.7 Å². The minimum absolute atomic E-state index is 0.0931. The average molecular weight is 467 g/mol. The van der Waals surface area contributed by atoms with Crippen LogP contribution >= 0.6 is 23.2 Å². The van der Waals surface area contributed by atoms with Gasteiger partial charge < -0.3 is 0 Å². The standard InChI is InChI=1S/C16H26Cl2F6O2S/c1-3-5-13(7-11(17)9-15(19,20)21)27(25,26)14(6-4-2)8-12(18)10-16(22,23)24/h11-14H,3-10H2,1-2H3. The molecule has 0 rings (SSSR count). The maximum atomic E-state index is 12.9. The van der Waals surface area contributed by atoms with Gasteiger partial charge in [-0.2, -0.15) is 26.3 Å². The molecule has 4 atom stereocenters. The van der Waals surface area contributed by atoms with E-state index in [4.69, 9.17) is 23.2 Å². The second kappa shape index (κ2) is 11.3. The molecule has 4 unspecified atom stereocenters. The van der Waals surface area contributed by atoms with E-state index in [9.17, 15) is 34.8 Å². The van der Waals surface area contributed by atoms with E-state index in [0.717, 1.165) is 0 Å². The van der Waals surface area contributed by atoms with Gasteiger partial charge in [0, 0.05) is 10.8 Å². The van der Waals surface area contributed by atoms with Crippen molar-refractivity contribution < 1.29 is 34.8 Å². The lowest BCUT2D eigenvalue weighted by Crippen LogP contribution is -2.36. The lowest BCUT2D eigenvalue weighted by Gasteiger charge is -2.27. The Morgan fingerprint density at radius 2 is 1.04 bits per heavy atom. The Kier molecular flexibility index (Phi) is 11.4. The van der Waals surface area contributed by atoms with E-state index in [2.05, 4.69) is 0 Å². The first-order valence-corrected chi connectivity index (χ1v) is 11.2. The summed E-state index contributed by atoms with van der Waals surface area (Å²) >= 11 is 11.4. The molecule has 0 aliphatic rings. The van der Waals surface area contributed by atoms with E-state index in [1.807, 2.05) is 0 Å². The second-order valence-corrected chi connectivity index (χ2v) is 10.5. The molecule has 0 saturated heterocycles. The molecule has 0 aromatic rings. The van der Waals surface area contributed by atoms with Crippen LogP contribution in [0.25, 0.3) is 0 Å². The van der Waals surface area contributed by atoms with Crippen LogP contribution in [0.2, 0.25) is 0 Å². The first-order chi connectivity index (χ1) is 12.1. The summed E-state index contributed by atoms with van der Waals surface area (Å²) in [5, 5.41) is -5.11. The van der Waals surface area contributed by atoms with E-state index in [-0.39, 0.29) is 12.8 Å². The zero-order chi connectivity index (χ0) is 21.5. The Labute approximate surface area is 166 Å². The van der Waals surface area contributed by atoms with Crippen molar-refractivity contribution in [3.8, 4) is 0 Å². The van der Waals surface area contributed by atoms with Crippen molar-refractivity contribution in [1.29, 1.82) is 0 Å². The van der Waals surface area contributed by atoms with E-state index in [0.29, 0.717) is 12.8 Å². The van der Waals surface area contributed by atoms with E-state index in [1.165, 1.54) is 0 Å². The van der Waals surface area contributed by atoms with Gasteiger partial charge in [-0.15, -0.1) is 23.2 Å². The van der Waals surface area contributed by atoms with Crippen molar-refractivity contribution >= 4 is 33.0 Å². The number of sulfone groups is 1. The largest absolute Gasteiger partial charge is 0.390 e. The fourth-order valence-electron chi connectivity index (χ4n) is 2.99. The van der Waals surface area contributed by atoms with Gasteiger partial charge in [0.15, 0.2) is 9.84 Å². The molecule has 164 valence electrons. The molecule has 0 aromatic carbocycles. The number of alkyl halides is 8. The molecule has 0 fully saturated rings. The highest BCUT2D eigenvalue weighted by Gasteiger charge is 2.40. The van der Waals surface area contributed by atoms with Crippen molar-refractivity contribution in [3.63, 3.8) is 0 Å². The molecule has 0 aliphatic heterocycles. The summed E-state index contributed by atoms with van der Waals surface area (Å²) in [4.78, 5) is 0. The molecule has 2 nitrogen and oxygen atoms in total. The minimum atomic E-state index is -4.52. The molecule has 27 heavy (non-hydrogen) atoms. The summed E-state index contributed by atoms with van der Waals surface area (Å²) in [5.41, 5.74) is 0. The van der Waals surface area contributed by atoms with Crippen molar-refractivity contribution in [2.45, 2.75) is 98.8 Å². The molecule has 0 spiro atoms. The maximum absolute atomic E-state index is 12.9. The zero-order valence-corrected chi connectivity index (χ0v) is 17.5. The highest BCUT2D eigenvalue weighted by Crippen LogP contribution is 2.33. The fraction of sp³-hybridized carbons (Fsp3) is 1.00. The number of halogens is 8. The Morgan fingerprint density at radius 3 is 1.26 bits per heavy atom. The zero-order valence-electron chi connectivity index (χ0n) is 15.2. The van der Waals surface area contributed by atoms with Crippen molar-refractivity contribution in [2.75, 3.05) is 0 Å². The van der Waals surface area contributed by atoms with Crippen molar-refractivity contribution in [1.82, 2.24) is 0 Å².